The van der Waals surface area contributed by atoms with E-state index in [1.807, 2.05) is 18.2 Å². The van der Waals surface area contributed by atoms with Crippen LogP contribution in [-0.4, -0.2) is 31.0 Å². The highest BCUT2D eigenvalue weighted by molar-refractivity contribution is 5.78. The molecule has 126 valence electrons. The van der Waals surface area contributed by atoms with Crippen LogP contribution in [0.25, 0.3) is 0 Å². The topological polar surface area (TPSA) is 41.6 Å². The summed E-state index contributed by atoms with van der Waals surface area (Å²) in [5.41, 5.74) is 4.98. The van der Waals surface area contributed by atoms with Crippen molar-refractivity contribution in [1.29, 1.82) is 0 Å². The third-order valence-electron chi connectivity index (χ3n) is 4.61. The molecule has 0 unspecified atom stereocenters. The van der Waals surface area contributed by atoms with Gasteiger partial charge >= 0.3 is 0 Å². The van der Waals surface area contributed by atoms with Gasteiger partial charge in [-0.2, -0.15) is 0 Å². The Morgan fingerprint density at radius 3 is 2.83 bits per heavy atom. The summed E-state index contributed by atoms with van der Waals surface area (Å²) in [4.78, 5) is 14.4. The van der Waals surface area contributed by atoms with Gasteiger partial charge < -0.3 is 10.1 Å². The number of hydrogen-bond donors (Lipinski definition) is 1. The van der Waals surface area contributed by atoms with E-state index in [4.69, 9.17) is 4.74 Å². The van der Waals surface area contributed by atoms with Crippen LogP contribution in [0.4, 0.5) is 0 Å². The summed E-state index contributed by atoms with van der Waals surface area (Å²) in [6.45, 7) is 4.80. The Bertz CT molecular complexity index is 727. The smallest absolute Gasteiger partial charge is 0.234 e. The maximum atomic E-state index is 12.3. The molecule has 3 rings (SSSR count). The lowest BCUT2D eigenvalue weighted by Crippen LogP contribution is -2.39. The van der Waals surface area contributed by atoms with E-state index in [0.29, 0.717) is 13.1 Å². The number of carbonyl (C=O) groups excluding carboxylic acids is 1. The molecule has 4 heteroatoms. The van der Waals surface area contributed by atoms with E-state index in [9.17, 15) is 4.79 Å². The minimum Gasteiger partial charge on any atom is -0.497 e. The molecule has 0 aromatic heterocycles. The second-order valence-electron chi connectivity index (χ2n) is 6.30. The van der Waals surface area contributed by atoms with Crippen molar-refractivity contribution in [2.24, 2.45) is 0 Å². The molecule has 1 aliphatic rings. The molecule has 1 N–H and O–H groups in total. The van der Waals surface area contributed by atoms with Crippen molar-refractivity contribution in [2.45, 2.75) is 26.4 Å². The van der Waals surface area contributed by atoms with Crippen molar-refractivity contribution in [3.05, 3.63) is 64.7 Å². The lowest BCUT2D eigenvalue weighted by atomic mass is 9.99. The second kappa shape index (κ2) is 7.49. The molecule has 0 spiro atoms. The quantitative estimate of drug-likeness (QED) is 0.919. The van der Waals surface area contributed by atoms with Crippen LogP contribution in [0, 0.1) is 6.92 Å². The van der Waals surface area contributed by atoms with Gasteiger partial charge in [-0.3, -0.25) is 9.69 Å². The third kappa shape index (κ3) is 3.95. The zero-order valence-electron chi connectivity index (χ0n) is 14.3. The van der Waals surface area contributed by atoms with Gasteiger partial charge in [0.2, 0.25) is 5.91 Å². The average molecular weight is 324 g/mol. The van der Waals surface area contributed by atoms with Crippen LogP contribution in [-0.2, 0) is 24.3 Å². The maximum Gasteiger partial charge on any atom is 0.234 e. The fraction of sp³-hybridized carbons (Fsp3) is 0.350. The molecule has 24 heavy (non-hydrogen) atoms. The molecule has 1 heterocycles. The largest absolute Gasteiger partial charge is 0.497 e. The van der Waals surface area contributed by atoms with Gasteiger partial charge in [-0.15, -0.1) is 0 Å². The Morgan fingerprint density at radius 1 is 1.21 bits per heavy atom. The lowest BCUT2D eigenvalue weighted by Gasteiger charge is -2.28. The highest BCUT2D eigenvalue weighted by Crippen LogP contribution is 2.23. The Balaban J connectivity index is 1.54. The van der Waals surface area contributed by atoms with Crippen molar-refractivity contribution in [2.75, 3.05) is 20.2 Å². The number of ether oxygens (including phenoxy) is 1. The van der Waals surface area contributed by atoms with Crippen LogP contribution in [0.15, 0.2) is 42.5 Å². The molecule has 0 atom stereocenters. The number of rotatable bonds is 5. The normalized spacial score (nSPS) is 14.1. The van der Waals surface area contributed by atoms with Crippen LogP contribution < -0.4 is 10.1 Å². The van der Waals surface area contributed by atoms with E-state index in [-0.39, 0.29) is 5.91 Å². The van der Waals surface area contributed by atoms with Crippen molar-refractivity contribution in [3.8, 4) is 5.75 Å². The number of aryl methyl sites for hydroxylation is 1. The SMILES string of the molecule is COc1ccc2c(c1)CN(CC(=O)NCc1ccccc1C)CC2. The second-order valence-corrected chi connectivity index (χ2v) is 6.30. The van der Waals surface area contributed by atoms with E-state index in [1.165, 1.54) is 22.3 Å². The first-order chi connectivity index (χ1) is 11.7. The molecular weight excluding hydrogens is 300 g/mol. The van der Waals surface area contributed by atoms with E-state index in [1.54, 1.807) is 7.11 Å². The van der Waals surface area contributed by atoms with Gasteiger partial charge in [-0.05, 0) is 47.7 Å². The minimum absolute atomic E-state index is 0.0737. The van der Waals surface area contributed by atoms with Crippen LogP contribution in [0.1, 0.15) is 22.3 Å². The molecule has 0 aliphatic carbocycles. The van der Waals surface area contributed by atoms with Gasteiger partial charge in [0.05, 0.1) is 13.7 Å². The molecule has 2 aromatic rings. The molecule has 2 aromatic carbocycles. The molecule has 0 bridgehead atoms. The molecule has 1 aliphatic heterocycles. The highest BCUT2D eigenvalue weighted by atomic mass is 16.5. The van der Waals surface area contributed by atoms with Gasteiger partial charge in [0, 0.05) is 19.6 Å². The molecule has 0 saturated carbocycles. The third-order valence-corrected chi connectivity index (χ3v) is 4.61. The number of amides is 1. The zero-order valence-corrected chi connectivity index (χ0v) is 14.3. The van der Waals surface area contributed by atoms with E-state index in [0.717, 1.165) is 25.3 Å². The van der Waals surface area contributed by atoms with Gasteiger partial charge in [-0.25, -0.2) is 0 Å². The number of carbonyl (C=O) groups is 1. The van der Waals surface area contributed by atoms with Crippen LogP contribution in [0.3, 0.4) is 0 Å². The van der Waals surface area contributed by atoms with E-state index in [2.05, 4.69) is 41.4 Å². The first-order valence-electron chi connectivity index (χ1n) is 8.35. The summed E-state index contributed by atoms with van der Waals surface area (Å²) in [7, 11) is 1.68. The molecule has 1 amide bonds. The number of fused-ring (bicyclic) bond motifs is 1. The molecular formula is C20H24N2O2. The number of methoxy groups -OCH3 is 1. The van der Waals surface area contributed by atoms with E-state index < -0.39 is 0 Å². The molecule has 0 radical (unpaired) electrons. The standard InChI is InChI=1S/C20H24N2O2/c1-15-5-3-4-6-17(15)12-21-20(23)14-22-10-9-16-7-8-19(24-2)11-18(16)13-22/h3-8,11H,9-10,12-14H2,1-2H3,(H,21,23). The summed E-state index contributed by atoms with van der Waals surface area (Å²) in [6, 6.07) is 14.3. The average Bonchev–Trinajstić information content (AvgIpc) is 2.60. The predicted molar refractivity (Wildman–Crippen MR) is 95.0 cm³/mol. The fourth-order valence-electron chi connectivity index (χ4n) is 3.12. The van der Waals surface area contributed by atoms with E-state index >= 15 is 0 Å². The lowest BCUT2D eigenvalue weighted by molar-refractivity contribution is -0.122. The Kier molecular flexibility index (Phi) is 5.16. The summed E-state index contributed by atoms with van der Waals surface area (Å²) in [5.74, 6) is 0.948. The summed E-state index contributed by atoms with van der Waals surface area (Å²) in [5, 5.41) is 3.03. The number of hydrogen-bond acceptors (Lipinski definition) is 3. The Morgan fingerprint density at radius 2 is 2.04 bits per heavy atom. The molecule has 0 saturated heterocycles. The number of benzene rings is 2. The van der Waals surface area contributed by atoms with Crippen LogP contribution in [0.2, 0.25) is 0 Å². The molecule has 4 nitrogen and oxygen atoms in total. The van der Waals surface area contributed by atoms with Crippen LogP contribution in [0.5, 0.6) is 5.75 Å². The van der Waals surface area contributed by atoms with Crippen molar-refractivity contribution in [1.82, 2.24) is 10.2 Å². The van der Waals surface area contributed by atoms with Crippen molar-refractivity contribution in [3.63, 3.8) is 0 Å². The van der Waals surface area contributed by atoms with Gasteiger partial charge in [0.15, 0.2) is 0 Å². The van der Waals surface area contributed by atoms with Gasteiger partial charge in [0.1, 0.15) is 5.75 Å². The van der Waals surface area contributed by atoms with Gasteiger partial charge in [0.25, 0.3) is 0 Å². The maximum absolute atomic E-state index is 12.3. The molecule has 0 fully saturated rings. The summed E-state index contributed by atoms with van der Waals surface area (Å²) < 4.78 is 5.30. The van der Waals surface area contributed by atoms with Crippen molar-refractivity contribution >= 4 is 5.91 Å². The summed E-state index contributed by atoms with van der Waals surface area (Å²) in [6.07, 6.45) is 0.977. The zero-order chi connectivity index (χ0) is 16.9. The minimum atomic E-state index is 0.0737. The summed E-state index contributed by atoms with van der Waals surface area (Å²) >= 11 is 0. The first kappa shape index (κ1) is 16.5. The van der Waals surface area contributed by atoms with Gasteiger partial charge in [-0.1, -0.05) is 30.3 Å². The number of nitrogens with one attached hydrogen (secondary N) is 1. The highest BCUT2D eigenvalue weighted by Gasteiger charge is 2.18. The fourth-order valence-corrected chi connectivity index (χ4v) is 3.12. The number of nitrogens with zero attached hydrogens (tertiary/aromatic N) is 1. The first-order valence-corrected chi connectivity index (χ1v) is 8.35. The Hall–Kier alpha value is -2.33. The predicted octanol–water partition coefficient (Wildman–Crippen LogP) is 2.68. The van der Waals surface area contributed by atoms with Crippen molar-refractivity contribution < 1.29 is 9.53 Å². The van der Waals surface area contributed by atoms with Crippen LogP contribution >= 0.6 is 0 Å². The monoisotopic (exact) mass is 324 g/mol. The Labute approximate surface area is 143 Å².